The highest BCUT2D eigenvalue weighted by molar-refractivity contribution is 7.89. The first-order chi connectivity index (χ1) is 15.9. The number of piperazine rings is 1. The third-order valence-electron chi connectivity index (χ3n) is 6.44. The number of fused-ring (bicyclic) bond motifs is 1. The molecule has 1 atom stereocenters. The number of sulfonamides is 1. The molecule has 5 rings (SSSR count). The van der Waals surface area contributed by atoms with Crippen molar-refractivity contribution in [3.63, 3.8) is 0 Å². The van der Waals surface area contributed by atoms with Crippen molar-refractivity contribution in [2.75, 3.05) is 32.7 Å². The van der Waals surface area contributed by atoms with E-state index in [1.165, 1.54) is 15.6 Å². The van der Waals surface area contributed by atoms with Crippen molar-refractivity contribution in [2.24, 2.45) is 0 Å². The molecule has 2 fully saturated rings. The second-order valence-electron chi connectivity index (χ2n) is 8.37. The molecule has 172 valence electrons. The molecule has 2 saturated heterocycles. The summed E-state index contributed by atoms with van der Waals surface area (Å²) < 4.78 is 27.9. The fourth-order valence-electron chi connectivity index (χ4n) is 4.64. The van der Waals surface area contributed by atoms with E-state index in [0.717, 1.165) is 17.2 Å². The van der Waals surface area contributed by atoms with Gasteiger partial charge in [0.05, 0.1) is 9.77 Å². The van der Waals surface area contributed by atoms with Crippen LogP contribution in [0.3, 0.4) is 0 Å². The molecule has 2 aliphatic rings. The van der Waals surface area contributed by atoms with Gasteiger partial charge in [-0.1, -0.05) is 36.4 Å². The minimum Gasteiger partial charge on any atom is -0.338 e. The highest BCUT2D eigenvalue weighted by Crippen LogP contribution is 2.26. The van der Waals surface area contributed by atoms with Gasteiger partial charge in [-0.3, -0.25) is 9.59 Å². The van der Waals surface area contributed by atoms with Gasteiger partial charge < -0.3 is 9.80 Å². The Hall–Kier alpha value is -2.75. The first-order valence-electron chi connectivity index (χ1n) is 11.1. The zero-order valence-corrected chi connectivity index (χ0v) is 19.7. The van der Waals surface area contributed by atoms with Gasteiger partial charge in [0.2, 0.25) is 15.9 Å². The van der Waals surface area contributed by atoms with Gasteiger partial charge in [0.15, 0.2) is 0 Å². The largest absolute Gasteiger partial charge is 0.338 e. The van der Waals surface area contributed by atoms with Gasteiger partial charge in [-0.15, -0.1) is 11.3 Å². The topological polar surface area (TPSA) is 78.0 Å². The van der Waals surface area contributed by atoms with Gasteiger partial charge in [-0.25, -0.2) is 8.42 Å². The molecule has 3 heterocycles. The van der Waals surface area contributed by atoms with Crippen LogP contribution in [-0.2, 0) is 14.8 Å². The molecule has 2 aromatic carbocycles. The van der Waals surface area contributed by atoms with Crippen molar-refractivity contribution < 1.29 is 18.0 Å². The first kappa shape index (κ1) is 22.1. The van der Waals surface area contributed by atoms with E-state index in [1.807, 2.05) is 41.8 Å². The zero-order valence-electron chi connectivity index (χ0n) is 18.1. The SMILES string of the molecule is O=C([C@H]1CCCN1C(=O)c1cccs1)N1CCN(S(=O)(=O)c2ccc3ccccc3c2)CC1. The van der Waals surface area contributed by atoms with E-state index in [0.29, 0.717) is 30.9 Å². The van der Waals surface area contributed by atoms with Crippen LogP contribution in [0.1, 0.15) is 22.5 Å². The predicted octanol–water partition coefficient (Wildman–Crippen LogP) is 3.04. The Labute approximate surface area is 197 Å². The number of benzene rings is 2. The number of rotatable bonds is 4. The van der Waals surface area contributed by atoms with Crippen LogP contribution in [-0.4, -0.2) is 73.1 Å². The first-order valence-corrected chi connectivity index (χ1v) is 13.4. The quantitative estimate of drug-likeness (QED) is 0.572. The molecule has 1 aromatic heterocycles. The van der Waals surface area contributed by atoms with Crippen LogP contribution in [0.4, 0.5) is 0 Å². The van der Waals surface area contributed by atoms with E-state index in [9.17, 15) is 18.0 Å². The molecule has 0 spiro atoms. The molecule has 0 bridgehead atoms. The van der Waals surface area contributed by atoms with Gasteiger partial charge in [-0.05, 0) is 47.2 Å². The number of hydrogen-bond acceptors (Lipinski definition) is 5. The number of nitrogens with zero attached hydrogens (tertiary/aromatic N) is 3. The van der Waals surface area contributed by atoms with Gasteiger partial charge in [0.1, 0.15) is 6.04 Å². The maximum Gasteiger partial charge on any atom is 0.264 e. The van der Waals surface area contributed by atoms with Crippen molar-refractivity contribution in [3.8, 4) is 0 Å². The number of carbonyl (C=O) groups is 2. The van der Waals surface area contributed by atoms with E-state index >= 15 is 0 Å². The molecule has 0 radical (unpaired) electrons. The van der Waals surface area contributed by atoms with Crippen LogP contribution in [0.15, 0.2) is 64.9 Å². The highest BCUT2D eigenvalue weighted by atomic mass is 32.2. The lowest BCUT2D eigenvalue weighted by Gasteiger charge is -2.36. The Bertz CT molecular complexity index is 1280. The van der Waals surface area contributed by atoms with Gasteiger partial charge in [0.25, 0.3) is 5.91 Å². The molecule has 9 heteroatoms. The fraction of sp³-hybridized carbons (Fsp3) is 0.333. The van der Waals surface area contributed by atoms with Gasteiger partial charge in [0, 0.05) is 32.7 Å². The highest BCUT2D eigenvalue weighted by Gasteiger charge is 2.39. The molecule has 33 heavy (non-hydrogen) atoms. The molecule has 2 amide bonds. The number of amides is 2. The van der Waals surface area contributed by atoms with E-state index in [-0.39, 0.29) is 29.8 Å². The lowest BCUT2D eigenvalue weighted by molar-refractivity contribution is -0.136. The third kappa shape index (κ3) is 4.16. The summed E-state index contributed by atoms with van der Waals surface area (Å²) in [6.07, 6.45) is 1.44. The summed E-state index contributed by atoms with van der Waals surface area (Å²) in [5.41, 5.74) is 0. The van der Waals surface area contributed by atoms with E-state index in [4.69, 9.17) is 0 Å². The number of carbonyl (C=O) groups excluding carboxylic acids is 2. The monoisotopic (exact) mass is 483 g/mol. The van der Waals surface area contributed by atoms with E-state index in [1.54, 1.807) is 28.0 Å². The average molecular weight is 484 g/mol. The van der Waals surface area contributed by atoms with Crippen molar-refractivity contribution in [1.82, 2.24) is 14.1 Å². The van der Waals surface area contributed by atoms with Crippen LogP contribution in [0.5, 0.6) is 0 Å². The second kappa shape index (κ2) is 8.89. The minimum absolute atomic E-state index is 0.0832. The number of likely N-dealkylation sites (tertiary alicyclic amines) is 1. The van der Waals surface area contributed by atoms with Crippen molar-refractivity contribution in [1.29, 1.82) is 0 Å². The summed E-state index contributed by atoms with van der Waals surface area (Å²) in [4.78, 5) is 30.3. The molecule has 0 N–H and O–H groups in total. The number of thiophene rings is 1. The molecule has 0 aliphatic carbocycles. The second-order valence-corrected chi connectivity index (χ2v) is 11.3. The van der Waals surface area contributed by atoms with Crippen molar-refractivity contribution in [2.45, 2.75) is 23.8 Å². The third-order valence-corrected chi connectivity index (χ3v) is 9.19. The normalized spacial score (nSPS) is 19.8. The molecular formula is C24H25N3O4S2. The van der Waals surface area contributed by atoms with Crippen LogP contribution in [0, 0.1) is 0 Å². The lowest BCUT2D eigenvalue weighted by atomic mass is 10.1. The predicted molar refractivity (Wildman–Crippen MR) is 128 cm³/mol. The Kier molecular flexibility index (Phi) is 5.94. The average Bonchev–Trinajstić information content (AvgIpc) is 3.55. The number of hydrogen-bond donors (Lipinski definition) is 0. The molecule has 3 aromatic rings. The van der Waals surface area contributed by atoms with E-state index in [2.05, 4.69) is 0 Å². The van der Waals surface area contributed by atoms with Crippen molar-refractivity contribution >= 4 is 43.9 Å². The maximum absolute atomic E-state index is 13.2. The summed E-state index contributed by atoms with van der Waals surface area (Å²) in [7, 11) is -3.64. The molecular weight excluding hydrogens is 458 g/mol. The van der Waals surface area contributed by atoms with Crippen LogP contribution >= 0.6 is 11.3 Å². The molecule has 0 saturated carbocycles. The zero-order chi connectivity index (χ0) is 23.0. The van der Waals surface area contributed by atoms with Gasteiger partial charge in [-0.2, -0.15) is 4.31 Å². The van der Waals surface area contributed by atoms with E-state index < -0.39 is 16.1 Å². The summed E-state index contributed by atoms with van der Waals surface area (Å²) in [6.45, 7) is 1.70. The summed E-state index contributed by atoms with van der Waals surface area (Å²) >= 11 is 1.38. The Morgan fingerprint density at radius 1 is 0.879 bits per heavy atom. The van der Waals surface area contributed by atoms with Crippen LogP contribution in [0.2, 0.25) is 0 Å². The van der Waals surface area contributed by atoms with Crippen LogP contribution < -0.4 is 0 Å². The Morgan fingerprint density at radius 3 is 2.36 bits per heavy atom. The molecule has 2 aliphatic heterocycles. The summed E-state index contributed by atoms with van der Waals surface area (Å²) in [5.74, 6) is -0.182. The van der Waals surface area contributed by atoms with Crippen molar-refractivity contribution in [3.05, 3.63) is 64.9 Å². The summed E-state index contributed by atoms with van der Waals surface area (Å²) in [6, 6.07) is 16.0. The molecule has 0 unspecified atom stereocenters. The summed E-state index contributed by atoms with van der Waals surface area (Å²) in [5, 5.41) is 3.73. The minimum atomic E-state index is -3.64. The Morgan fingerprint density at radius 2 is 1.64 bits per heavy atom. The van der Waals surface area contributed by atoms with Crippen LogP contribution in [0.25, 0.3) is 10.8 Å². The van der Waals surface area contributed by atoms with Gasteiger partial charge >= 0.3 is 0 Å². The molecule has 7 nitrogen and oxygen atoms in total. The lowest BCUT2D eigenvalue weighted by Crippen LogP contribution is -2.55. The Balaban J connectivity index is 1.26. The maximum atomic E-state index is 13.2. The smallest absolute Gasteiger partial charge is 0.264 e. The standard InChI is InChI=1S/C24H25N3O4S2/c28-23(21-7-3-11-27(21)24(29)22-8-4-16-32-22)25-12-14-26(15-13-25)33(30,31)20-10-9-18-5-1-2-6-19(18)17-20/h1-2,4-6,8-10,16-17,21H,3,7,11-15H2/t21-/m1/s1. The fourth-order valence-corrected chi connectivity index (χ4v) is 6.78.